The van der Waals surface area contributed by atoms with E-state index in [-0.39, 0.29) is 5.69 Å². The maximum atomic E-state index is 13.7. The van der Waals surface area contributed by atoms with E-state index in [0.29, 0.717) is 11.9 Å². The molecule has 0 aliphatic heterocycles. The molecule has 25 heavy (non-hydrogen) atoms. The number of amides is 2. The highest BCUT2D eigenvalue weighted by atomic mass is 19.1. The Morgan fingerprint density at radius 1 is 1.16 bits per heavy atom. The molecule has 0 saturated heterocycles. The number of aromatic nitrogens is 2. The van der Waals surface area contributed by atoms with Gasteiger partial charge < -0.3 is 15.2 Å². The Bertz CT molecular complexity index is 880. The van der Waals surface area contributed by atoms with Crippen molar-refractivity contribution >= 4 is 11.7 Å². The number of carbonyl (C=O) groups is 1. The number of hydrogen-bond acceptors (Lipinski definition) is 2. The molecule has 7 heteroatoms. The normalized spacial score (nSPS) is 11.8. The first-order valence-corrected chi connectivity index (χ1v) is 7.59. The Kier molecular flexibility index (Phi) is 4.74. The molecule has 2 N–H and O–H groups in total. The van der Waals surface area contributed by atoms with Gasteiger partial charge in [0, 0.05) is 25.5 Å². The van der Waals surface area contributed by atoms with Crippen LogP contribution < -0.4 is 10.6 Å². The number of nitrogens with zero attached hydrogens (tertiary/aromatic N) is 2. The van der Waals surface area contributed by atoms with Crippen molar-refractivity contribution in [2.45, 2.75) is 6.04 Å². The maximum absolute atomic E-state index is 13.7. The number of anilines is 1. The fourth-order valence-electron chi connectivity index (χ4n) is 2.48. The van der Waals surface area contributed by atoms with Crippen LogP contribution in [0.1, 0.15) is 17.4 Å². The summed E-state index contributed by atoms with van der Waals surface area (Å²) in [4.78, 5) is 16.6. The van der Waals surface area contributed by atoms with E-state index in [1.807, 2.05) is 37.4 Å². The van der Waals surface area contributed by atoms with Crippen LogP contribution in [0.25, 0.3) is 0 Å². The zero-order valence-corrected chi connectivity index (χ0v) is 13.4. The van der Waals surface area contributed by atoms with E-state index in [2.05, 4.69) is 15.6 Å². The minimum Gasteiger partial charge on any atom is -0.336 e. The average molecular weight is 342 g/mol. The van der Waals surface area contributed by atoms with E-state index in [0.717, 1.165) is 11.6 Å². The van der Waals surface area contributed by atoms with Crippen molar-refractivity contribution in [2.75, 3.05) is 5.32 Å². The summed E-state index contributed by atoms with van der Waals surface area (Å²) >= 11 is 0. The molecule has 1 heterocycles. The first-order valence-electron chi connectivity index (χ1n) is 7.59. The highest BCUT2D eigenvalue weighted by Gasteiger charge is 2.21. The van der Waals surface area contributed by atoms with Crippen LogP contribution >= 0.6 is 0 Å². The zero-order chi connectivity index (χ0) is 17.8. The minimum absolute atomic E-state index is 0.106. The van der Waals surface area contributed by atoms with Gasteiger partial charge in [0.15, 0.2) is 0 Å². The van der Waals surface area contributed by atoms with Gasteiger partial charge in [-0.3, -0.25) is 0 Å². The van der Waals surface area contributed by atoms with Gasteiger partial charge in [-0.25, -0.2) is 18.6 Å². The molecular weight excluding hydrogens is 326 g/mol. The molecule has 0 fully saturated rings. The van der Waals surface area contributed by atoms with Crippen molar-refractivity contribution in [1.82, 2.24) is 14.9 Å². The largest absolute Gasteiger partial charge is 0.336 e. The van der Waals surface area contributed by atoms with Crippen LogP contribution in [0, 0.1) is 11.6 Å². The van der Waals surface area contributed by atoms with Gasteiger partial charge in [-0.05, 0) is 17.7 Å². The summed E-state index contributed by atoms with van der Waals surface area (Å²) < 4.78 is 28.5. The highest BCUT2D eigenvalue weighted by molar-refractivity contribution is 5.89. The SMILES string of the molecule is Cn1ccnc1C(NC(=O)Nc1ccc(F)cc1F)c1ccccc1. The Hall–Kier alpha value is -3.22. The van der Waals surface area contributed by atoms with E-state index >= 15 is 0 Å². The van der Waals surface area contributed by atoms with Gasteiger partial charge in [-0.15, -0.1) is 0 Å². The Labute approximate surface area is 143 Å². The summed E-state index contributed by atoms with van der Waals surface area (Å²) in [5.41, 5.74) is 0.720. The minimum atomic E-state index is -0.844. The molecular formula is C18H16F2N4O. The van der Waals surface area contributed by atoms with Gasteiger partial charge in [0.2, 0.25) is 0 Å². The van der Waals surface area contributed by atoms with Gasteiger partial charge in [-0.2, -0.15) is 0 Å². The topological polar surface area (TPSA) is 59.0 Å². The van der Waals surface area contributed by atoms with Crippen molar-refractivity contribution in [3.05, 3.63) is 83.9 Å². The smallest absolute Gasteiger partial charge is 0.320 e. The van der Waals surface area contributed by atoms with Gasteiger partial charge in [0.1, 0.15) is 23.5 Å². The predicted molar refractivity (Wildman–Crippen MR) is 90.0 cm³/mol. The first-order chi connectivity index (χ1) is 12.0. The molecule has 2 aromatic carbocycles. The lowest BCUT2D eigenvalue weighted by Gasteiger charge is -2.19. The summed E-state index contributed by atoms with van der Waals surface area (Å²) in [5.74, 6) is -0.928. The van der Waals surface area contributed by atoms with Crippen molar-refractivity contribution in [1.29, 1.82) is 0 Å². The van der Waals surface area contributed by atoms with E-state index < -0.39 is 23.7 Å². The molecule has 1 unspecified atom stereocenters. The van der Waals surface area contributed by atoms with E-state index in [9.17, 15) is 13.6 Å². The Morgan fingerprint density at radius 3 is 2.56 bits per heavy atom. The van der Waals surface area contributed by atoms with Crippen LogP contribution in [-0.4, -0.2) is 15.6 Å². The molecule has 3 rings (SSSR count). The number of aryl methyl sites for hydroxylation is 1. The highest BCUT2D eigenvalue weighted by Crippen LogP contribution is 2.21. The van der Waals surface area contributed by atoms with Crippen LogP contribution in [-0.2, 0) is 7.05 Å². The summed E-state index contributed by atoms with van der Waals surface area (Å²) in [6.07, 6.45) is 3.40. The van der Waals surface area contributed by atoms with Crippen molar-refractivity contribution in [3.63, 3.8) is 0 Å². The van der Waals surface area contributed by atoms with Gasteiger partial charge in [0.25, 0.3) is 0 Å². The van der Waals surface area contributed by atoms with Crippen LogP contribution in [0.5, 0.6) is 0 Å². The molecule has 0 aliphatic rings. The fourth-order valence-corrected chi connectivity index (χ4v) is 2.48. The number of urea groups is 1. The predicted octanol–water partition coefficient (Wildman–Crippen LogP) is 3.61. The number of imidazole rings is 1. The number of nitrogens with one attached hydrogen (secondary N) is 2. The monoisotopic (exact) mass is 342 g/mol. The maximum Gasteiger partial charge on any atom is 0.320 e. The van der Waals surface area contributed by atoms with Gasteiger partial charge in [-0.1, -0.05) is 30.3 Å². The number of hydrogen-bond donors (Lipinski definition) is 2. The second-order valence-electron chi connectivity index (χ2n) is 5.46. The lowest BCUT2D eigenvalue weighted by molar-refractivity contribution is 0.249. The van der Waals surface area contributed by atoms with E-state index in [1.54, 1.807) is 17.0 Å². The van der Waals surface area contributed by atoms with Crippen LogP contribution in [0.4, 0.5) is 19.3 Å². The summed E-state index contributed by atoms with van der Waals surface area (Å²) in [7, 11) is 1.82. The van der Waals surface area contributed by atoms with Crippen LogP contribution in [0.15, 0.2) is 60.9 Å². The molecule has 0 aliphatic carbocycles. The molecule has 128 valence electrons. The molecule has 0 radical (unpaired) electrons. The van der Waals surface area contributed by atoms with E-state index in [4.69, 9.17) is 0 Å². The summed E-state index contributed by atoms with van der Waals surface area (Å²) in [5, 5.41) is 5.16. The first kappa shape index (κ1) is 16.6. The lowest BCUT2D eigenvalue weighted by Crippen LogP contribution is -2.34. The molecule has 0 spiro atoms. The molecule has 5 nitrogen and oxygen atoms in total. The van der Waals surface area contributed by atoms with Crippen molar-refractivity contribution < 1.29 is 13.6 Å². The van der Waals surface area contributed by atoms with Crippen molar-refractivity contribution in [2.24, 2.45) is 7.05 Å². The molecule has 1 aromatic heterocycles. The van der Waals surface area contributed by atoms with E-state index in [1.165, 1.54) is 6.07 Å². The van der Waals surface area contributed by atoms with Crippen LogP contribution in [0.2, 0.25) is 0 Å². The Balaban J connectivity index is 1.83. The molecule has 0 bridgehead atoms. The third kappa shape index (κ3) is 3.82. The summed E-state index contributed by atoms with van der Waals surface area (Å²) in [6, 6.07) is 11.1. The summed E-state index contributed by atoms with van der Waals surface area (Å²) in [6.45, 7) is 0. The standard InChI is InChI=1S/C18H16F2N4O/c1-24-10-9-21-17(24)16(12-5-3-2-4-6-12)23-18(25)22-15-8-7-13(19)11-14(15)20/h2-11,16H,1H3,(H2,22,23,25). The van der Waals surface area contributed by atoms with Crippen LogP contribution in [0.3, 0.4) is 0 Å². The second-order valence-corrected chi connectivity index (χ2v) is 5.46. The quantitative estimate of drug-likeness (QED) is 0.761. The number of benzene rings is 2. The molecule has 1 atom stereocenters. The van der Waals surface area contributed by atoms with Crippen molar-refractivity contribution in [3.8, 4) is 0 Å². The third-order valence-electron chi connectivity index (χ3n) is 3.70. The Morgan fingerprint density at radius 2 is 1.92 bits per heavy atom. The fraction of sp³-hybridized carbons (Fsp3) is 0.111. The second kappa shape index (κ2) is 7.12. The molecule has 2 amide bonds. The molecule has 3 aromatic rings. The zero-order valence-electron chi connectivity index (χ0n) is 13.4. The molecule has 0 saturated carbocycles. The average Bonchev–Trinajstić information content (AvgIpc) is 3.02. The third-order valence-corrected chi connectivity index (χ3v) is 3.70. The number of rotatable bonds is 4. The number of halogens is 2. The van der Waals surface area contributed by atoms with Gasteiger partial charge in [0.05, 0.1) is 5.69 Å². The number of carbonyl (C=O) groups excluding carboxylic acids is 1. The lowest BCUT2D eigenvalue weighted by atomic mass is 10.1. The van der Waals surface area contributed by atoms with Gasteiger partial charge >= 0.3 is 6.03 Å².